The van der Waals surface area contributed by atoms with Gasteiger partial charge in [-0.15, -0.1) is 0 Å². The highest BCUT2D eigenvalue weighted by molar-refractivity contribution is 5.86. The van der Waals surface area contributed by atoms with Gasteiger partial charge in [-0.1, -0.05) is 6.58 Å². The van der Waals surface area contributed by atoms with Gasteiger partial charge < -0.3 is 15.5 Å². The van der Waals surface area contributed by atoms with Gasteiger partial charge in [0.1, 0.15) is 0 Å². The molecular weight excluding hydrogens is 158 g/mol. The van der Waals surface area contributed by atoms with Crippen molar-refractivity contribution in [2.45, 2.75) is 12.5 Å². The smallest absolute Gasteiger partial charge is 0.331 e. The number of carboxylic acids is 1. The lowest BCUT2D eigenvalue weighted by Crippen LogP contribution is -2.42. The molecule has 4 nitrogen and oxygen atoms in total. The van der Waals surface area contributed by atoms with Crippen molar-refractivity contribution in [3.8, 4) is 0 Å². The minimum absolute atomic E-state index is 0.115. The van der Waals surface area contributed by atoms with Gasteiger partial charge in [-0.2, -0.15) is 0 Å². The summed E-state index contributed by atoms with van der Waals surface area (Å²) in [5.74, 6) is -1.30. The van der Waals surface area contributed by atoms with Crippen molar-refractivity contribution in [2.75, 3.05) is 13.1 Å². The number of rotatable bonds is 2. The van der Waals surface area contributed by atoms with Crippen LogP contribution in [0.5, 0.6) is 0 Å². The highest BCUT2D eigenvalue weighted by atomic mass is 16.4. The van der Waals surface area contributed by atoms with Crippen molar-refractivity contribution in [1.29, 1.82) is 0 Å². The largest absolute Gasteiger partial charge is 0.478 e. The average molecular weight is 171 g/mol. The van der Waals surface area contributed by atoms with E-state index < -0.39 is 12.1 Å². The Morgan fingerprint density at radius 3 is 2.75 bits per heavy atom. The molecule has 12 heavy (non-hydrogen) atoms. The Kier molecular flexibility index (Phi) is 2.83. The van der Waals surface area contributed by atoms with Gasteiger partial charge in [0.05, 0.1) is 6.10 Å². The molecule has 0 radical (unpaired) electrons. The van der Waals surface area contributed by atoms with Crippen LogP contribution in [-0.2, 0) is 4.79 Å². The molecule has 0 aliphatic carbocycles. The minimum atomic E-state index is -1.01. The predicted octanol–water partition coefficient (Wildman–Crippen LogP) is -0.402. The van der Waals surface area contributed by atoms with Crippen molar-refractivity contribution < 1.29 is 15.0 Å². The number of aliphatic hydroxyl groups is 1. The first-order chi connectivity index (χ1) is 5.63. The van der Waals surface area contributed by atoms with E-state index in [2.05, 4.69) is 11.9 Å². The average Bonchev–Trinajstić information content (AvgIpc) is 2.04. The fourth-order valence-electron chi connectivity index (χ4n) is 1.41. The molecule has 0 spiro atoms. The third-order valence-corrected chi connectivity index (χ3v) is 2.17. The summed E-state index contributed by atoms with van der Waals surface area (Å²) in [7, 11) is 0. The topological polar surface area (TPSA) is 69.6 Å². The van der Waals surface area contributed by atoms with Gasteiger partial charge in [0.2, 0.25) is 0 Å². The van der Waals surface area contributed by atoms with Crippen LogP contribution in [-0.4, -0.2) is 35.4 Å². The van der Waals surface area contributed by atoms with Crippen molar-refractivity contribution in [3.05, 3.63) is 12.2 Å². The first kappa shape index (κ1) is 9.22. The van der Waals surface area contributed by atoms with E-state index in [4.69, 9.17) is 5.11 Å². The molecule has 0 amide bonds. The summed E-state index contributed by atoms with van der Waals surface area (Å²) in [4.78, 5) is 10.5. The van der Waals surface area contributed by atoms with E-state index >= 15 is 0 Å². The van der Waals surface area contributed by atoms with Gasteiger partial charge in [-0.25, -0.2) is 4.79 Å². The molecule has 2 unspecified atom stereocenters. The van der Waals surface area contributed by atoms with E-state index in [-0.39, 0.29) is 11.5 Å². The quantitative estimate of drug-likeness (QED) is 0.494. The Balaban J connectivity index is 2.59. The van der Waals surface area contributed by atoms with E-state index in [0.29, 0.717) is 13.0 Å². The Morgan fingerprint density at radius 2 is 2.25 bits per heavy atom. The Labute approximate surface area is 70.9 Å². The van der Waals surface area contributed by atoms with Crippen LogP contribution in [0.2, 0.25) is 0 Å². The predicted molar refractivity (Wildman–Crippen MR) is 43.8 cm³/mol. The maximum absolute atomic E-state index is 10.5. The molecule has 68 valence electrons. The second-order valence-corrected chi connectivity index (χ2v) is 3.00. The van der Waals surface area contributed by atoms with Crippen LogP contribution in [0, 0.1) is 5.92 Å². The molecule has 3 N–H and O–H groups in total. The second-order valence-electron chi connectivity index (χ2n) is 3.00. The summed E-state index contributed by atoms with van der Waals surface area (Å²) in [5, 5.41) is 21.0. The first-order valence-corrected chi connectivity index (χ1v) is 3.94. The lowest BCUT2D eigenvalue weighted by atomic mass is 9.88. The van der Waals surface area contributed by atoms with Crippen molar-refractivity contribution >= 4 is 5.97 Å². The van der Waals surface area contributed by atoms with Gasteiger partial charge in [-0.3, -0.25) is 0 Å². The molecule has 1 heterocycles. The third-order valence-electron chi connectivity index (χ3n) is 2.17. The fraction of sp³-hybridized carbons (Fsp3) is 0.625. The summed E-state index contributed by atoms with van der Waals surface area (Å²) < 4.78 is 0. The molecule has 1 aliphatic rings. The van der Waals surface area contributed by atoms with E-state index in [1.807, 2.05) is 0 Å². The van der Waals surface area contributed by atoms with Crippen molar-refractivity contribution in [3.63, 3.8) is 0 Å². The molecule has 0 saturated carbocycles. The van der Waals surface area contributed by atoms with E-state index in [1.165, 1.54) is 0 Å². The Morgan fingerprint density at radius 1 is 1.58 bits per heavy atom. The van der Waals surface area contributed by atoms with Gasteiger partial charge in [0.25, 0.3) is 0 Å². The molecule has 0 bridgehead atoms. The van der Waals surface area contributed by atoms with E-state index in [0.717, 1.165) is 6.54 Å². The highest BCUT2D eigenvalue weighted by Crippen LogP contribution is 2.20. The number of β-amino-alcohol motifs (C(OH)–C–C–N with tert-alkyl or cyclic N) is 1. The molecule has 4 heteroatoms. The molecule has 2 atom stereocenters. The Hall–Kier alpha value is -0.870. The highest BCUT2D eigenvalue weighted by Gasteiger charge is 2.28. The molecule has 0 aromatic heterocycles. The molecule has 1 aliphatic heterocycles. The third kappa shape index (κ3) is 1.84. The first-order valence-electron chi connectivity index (χ1n) is 3.94. The molecule has 0 aromatic rings. The minimum Gasteiger partial charge on any atom is -0.478 e. The molecular formula is C8H13NO3. The Bertz CT molecular complexity index is 202. The maximum atomic E-state index is 10.5. The SMILES string of the molecule is C=C(C(=O)O)C1CCNCC1O. The monoisotopic (exact) mass is 171 g/mol. The van der Waals surface area contributed by atoms with Crippen molar-refractivity contribution in [2.24, 2.45) is 5.92 Å². The summed E-state index contributed by atoms with van der Waals surface area (Å²) in [5.41, 5.74) is 0.115. The summed E-state index contributed by atoms with van der Waals surface area (Å²) in [6.45, 7) is 4.64. The zero-order valence-electron chi connectivity index (χ0n) is 6.79. The lowest BCUT2D eigenvalue weighted by Gasteiger charge is -2.28. The van der Waals surface area contributed by atoms with Crippen LogP contribution in [0.15, 0.2) is 12.2 Å². The van der Waals surface area contributed by atoms with Crippen LogP contribution in [0.1, 0.15) is 6.42 Å². The van der Waals surface area contributed by atoms with Gasteiger partial charge in [0.15, 0.2) is 0 Å². The van der Waals surface area contributed by atoms with Gasteiger partial charge in [-0.05, 0) is 13.0 Å². The molecule has 1 saturated heterocycles. The molecule has 0 aromatic carbocycles. The number of carbonyl (C=O) groups is 1. The fourth-order valence-corrected chi connectivity index (χ4v) is 1.41. The van der Waals surface area contributed by atoms with Crippen LogP contribution in [0.3, 0.4) is 0 Å². The summed E-state index contributed by atoms with van der Waals surface area (Å²) in [6.07, 6.45) is 0.0362. The maximum Gasteiger partial charge on any atom is 0.331 e. The zero-order valence-corrected chi connectivity index (χ0v) is 6.79. The van der Waals surface area contributed by atoms with E-state index in [1.54, 1.807) is 0 Å². The normalized spacial score (nSPS) is 29.8. The van der Waals surface area contributed by atoms with Gasteiger partial charge >= 0.3 is 5.97 Å². The summed E-state index contributed by atoms with van der Waals surface area (Å²) in [6, 6.07) is 0. The van der Waals surface area contributed by atoms with E-state index in [9.17, 15) is 9.90 Å². The van der Waals surface area contributed by atoms with Crippen LogP contribution < -0.4 is 5.32 Å². The number of aliphatic hydroxyl groups excluding tert-OH is 1. The molecule has 1 rings (SSSR count). The number of carboxylic acid groups (broad SMARTS) is 1. The number of piperidine rings is 1. The second kappa shape index (κ2) is 3.69. The summed E-state index contributed by atoms with van der Waals surface area (Å²) >= 11 is 0. The number of hydrogen-bond acceptors (Lipinski definition) is 3. The number of aliphatic carboxylic acids is 1. The van der Waals surface area contributed by atoms with Gasteiger partial charge in [0, 0.05) is 18.0 Å². The molecule has 1 fully saturated rings. The zero-order chi connectivity index (χ0) is 9.14. The number of nitrogens with one attached hydrogen (secondary N) is 1. The van der Waals surface area contributed by atoms with Crippen LogP contribution >= 0.6 is 0 Å². The van der Waals surface area contributed by atoms with Crippen LogP contribution in [0.4, 0.5) is 0 Å². The van der Waals surface area contributed by atoms with Crippen molar-refractivity contribution in [1.82, 2.24) is 5.32 Å². The number of hydrogen-bond donors (Lipinski definition) is 3. The van der Waals surface area contributed by atoms with Crippen LogP contribution in [0.25, 0.3) is 0 Å². The lowest BCUT2D eigenvalue weighted by molar-refractivity contribution is -0.133. The standard InChI is InChI=1S/C8H13NO3/c1-5(8(11)12)6-2-3-9-4-7(6)10/h6-7,9-10H,1-4H2,(H,11,12).